The second-order valence-corrected chi connectivity index (χ2v) is 8.58. The highest BCUT2D eigenvalue weighted by atomic mass is 35.5. The molecule has 4 nitrogen and oxygen atoms in total. The maximum Gasteiger partial charge on any atom is 0.147 e. The van der Waals surface area contributed by atoms with Crippen molar-refractivity contribution in [3.05, 3.63) is 70.0 Å². The van der Waals surface area contributed by atoms with E-state index in [9.17, 15) is 0 Å². The number of nitrogens with one attached hydrogen (secondary N) is 2. The minimum absolute atomic E-state index is 0.429. The first-order valence-electron chi connectivity index (χ1n) is 8.90. The van der Waals surface area contributed by atoms with Gasteiger partial charge in [0.2, 0.25) is 0 Å². The molecular formula is C20H21ClN4S2. The lowest BCUT2D eigenvalue weighted by atomic mass is 10.2. The van der Waals surface area contributed by atoms with Gasteiger partial charge in [-0.05, 0) is 42.1 Å². The van der Waals surface area contributed by atoms with E-state index in [1.54, 1.807) is 11.3 Å². The van der Waals surface area contributed by atoms with Gasteiger partial charge in [0.05, 0.1) is 16.2 Å². The number of likely N-dealkylation sites (tertiary alicyclic amines) is 1. The fourth-order valence-electron chi connectivity index (χ4n) is 3.21. The Bertz CT molecular complexity index is 858. The molecule has 1 atom stereocenters. The Kier molecular flexibility index (Phi) is 6.19. The fourth-order valence-corrected chi connectivity index (χ4v) is 4.71. The van der Waals surface area contributed by atoms with E-state index in [-0.39, 0.29) is 0 Å². The highest BCUT2D eigenvalue weighted by molar-refractivity contribution is 8.00. The zero-order valence-corrected chi connectivity index (χ0v) is 17.2. The van der Waals surface area contributed by atoms with Gasteiger partial charge in [-0.1, -0.05) is 41.9 Å². The number of thiazole rings is 1. The molecule has 0 radical (unpaired) electrons. The summed E-state index contributed by atoms with van der Waals surface area (Å²) in [5, 5.41) is 6.34. The molecular weight excluding hydrogens is 396 g/mol. The quantitative estimate of drug-likeness (QED) is 0.490. The summed E-state index contributed by atoms with van der Waals surface area (Å²) in [6, 6.07) is 17.2. The molecule has 140 valence electrons. The number of hydrogen-bond acceptors (Lipinski definition) is 6. The molecule has 2 N–H and O–H groups in total. The van der Waals surface area contributed by atoms with Crippen LogP contribution in [0.15, 0.2) is 64.3 Å². The van der Waals surface area contributed by atoms with Crippen molar-refractivity contribution in [1.29, 1.82) is 0 Å². The van der Waals surface area contributed by atoms with Gasteiger partial charge in [-0.2, -0.15) is 0 Å². The van der Waals surface area contributed by atoms with Crippen LogP contribution in [0.3, 0.4) is 0 Å². The van der Waals surface area contributed by atoms with Gasteiger partial charge in [-0.15, -0.1) is 11.3 Å². The van der Waals surface area contributed by atoms with Crippen LogP contribution in [-0.2, 0) is 6.54 Å². The lowest BCUT2D eigenvalue weighted by Gasteiger charge is -2.18. The van der Waals surface area contributed by atoms with Crippen molar-refractivity contribution in [3.63, 3.8) is 0 Å². The lowest BCUT2D eigenvalue weighted by Crippen LogP contribution is -2.26. The van der Waals surface area contributed by atoms with Crippen molar-refractivity contribution >= 4 is 46.4 Å². The van der Waals surface area contributed by atoms with Gasteiger partial charge in [0.25, 0.3) is 0 Å². The Balaban J connectivity index is 1.30. The Morgan fingerprint density at radius 1 is 1.22 bits per heavy atom. The van der Waals surface area contributed by atoms with Crippen molar-refractivity contribution in [2.45, 2.75) is 23.9 Å². The SMILES string of the molecule is Clc1cc(SNc2cscn2)ccc1NC1CCN(Cc2ccccc2)C1. The highest BCUT2D eigenvalue weighted by Gasteiger charge is 2.22. The number of rotatable bonds is 7. The van der Waals surface area contributed by atoms with E-state index < -0.39 is 0 Å². The Hall–Kier alpha value is -1.73. The number of aromatic nitrogens is 1. The average Bonchev–Trinajstić information content (AvgIpc) is 3.35. The molecule has 3 aromatic rings. The van der Waals surface area contributed by atoms with Crippen molar-refractivity contribution in [2.24, 2.45) is 0 Å². The summed E-state index contributed by atoms with van der Waals surface area (Å²) >= 11 is 9.59. The second-order valence-electron chi connectivity index (χ2n) is 6.57. The summed E-state index contributed by atoms with van der Waals surface area (Å²) in [5.41, 5.74) is 4.18. The number of hydrogen-bond donors (Lipinski definition) is 2. The molecule has 1 unspecified atom stereocenters. The van der Waals surface area contributed by atoms with Gasteiger partial charge in [-0.3, -0.25) is 4.90 Å². The molecule has 0 saturated carbocycles. The normalized spacial score (nSPS) is 17.1. The van der Waals surface area contributed by atoms with Crippen LogP contribution in [0, 0.1) is 0 Å². The fraction of sp³-hybridized carbons (Fsp3) is 0.250. The standard InChI is InChI=1S/C20H21ClN4S2/c21-18-10-17(27-24-20-13-26-14-22-20)6-7-19(18)23-16-8-9-25(12-16)11-15-4-2-1-3-5-15/h1-7,10,13-14,16,23-24H,8-9,11-12H2. The average molecular weight is 417 g/mol. The van der Waals surface area contributed by atoms with Crippen molar-refractivity contribution in [3.8, 4) is 0 Å². The third-order valence-corrected chi connectivity index (χ3v) is 6.23. The monoisotopic (exact) mass is 416 g/mol. The molecule has 1 aromatic heterocycles. The molecule has 0 aliphatic carbocycles. The minimum Gasteiger partial charge on any atom is -0.380 e. The largest absolute Gasteiger partial charge is 0.380 e. The smallest absolute Gasteiger partial charge is 0.147 e. The van der Waals surface area contributed by atoms with E-state index in [1.165, 1.54) is 17.5 Å². The number of nitrogens with zero attached hydrogens (tertiary/aromatic N) is 2. The molecule has 0 bridgehead atoms. The van der Waals surface area contributed by atoms with Gasteiger partial charge >= 0.3 is 0 Å². The summed E-state index contributed by atoms with van der Waals surface area (Å²) in [5.74, 6) is 0.868. The first kappa shape index (κ1) is 18.6. The summed E-state index contributed by atoms with van der Waals surface area (Å²) in [7, 11) is 0. The molecule has 0 spiro atoms. The van der Waals surface area contributed by atoms with Gasteiger partial charge in [0.1, 0.15) is 5.82 Å². The van der Waals surface area contributed by atoms with Crippen LogP contribution in [-0.4, -0.2) is 29.0 Å². The van der Waals surface area contributed by atoms with Crippen LogP contribution in [0.1, 0.15) is 12.0 Å². The predicted molar refractivity (Wildman–Crippen MR) is 117 cm³/mol. The van der Waals surface area contributed by atoms with Gasteiger partial charge in [0, 0.05) is 36.0 Å². The highest BCUT2D eigenvalue weighted by Crippen LogP contribution is 2.30. The third-order valence-electron chi connectivity index (χ3n) is 4.53. The number of benzene rings is 2. The van der Waals surface area contributed by atoms with E-state index in [2.05, 4.69) is 62.4 Å². The van der Waals surface area contributed by atoms with Crippen LogP contribution >= 0.6 is 34.9 Å². The van der Waals surface area contributed by atoms with E-state index >= 15 is 0 Å². The van der Waals surface area contributed by atoms with Gasteiger partial charge in [-0.25, -0.2) is 4.98 Å². The van der Waals surface area contributed by atoms with Gasteiger partial charge in [0.15, 0.2) is 0 Å². The summed E-state index contributed by atoms with van der Waals surface area (Å²) in [6.45, 7) is 3.15. The zero-order chi connectivity index (χ0) is 18.5. The van der Waals surface area contributed by atoms with Crippen molar-refractivity contribution in [1.82, 2.24) is 9.88 Å². The maximum absolute atomic E-state index is 6.50. The zero-order valence-electron chi connectivity index (χ0n) is 14.8. The van der Waals surface area contributed by atoms with Crippen LogP contribution in [0.25, 0.3) is 0 Å². The molecule has 0 amide bonds. The van der Waals surface area contributed by atoms with Crippen molar-refractivity contribution in [2.75, 3.05) is 23.1 Å². The van der Waals surface area contributed by atoms with E-state index in [0.29, 0.717) is 6.04 Å². The molecule has 1 aliphatic rings. The Labute approximate surface area is 173 Å². The molecule has 2 aromatic carbocycles. The van der Waals surface area contributed by atoms with Crippen LogP contribution in [0.4, 0.5) is 11.5 Å². The molecule has 1 fully saturated rings. The first-order valence-corrected chi connectivity index (χ1v) is 11.0. The molecule has 7 heteroatoms. The van der Waals surface area contributed by atoms with Crippen LogP contribution < -0.4 is 10.0 Å². The van der Waals surface area contributed by atoms with Gasteiger partial charge < -0.3 is 10.0 Å². The third kappa shape index (κ3) is 5.17. The summed E-state index contributed by atoms with van der Waals surface area (Å²) in [6.07, 6.45) is 1.13. The Morgan fingerprint density at radius 2 is 2.11 bits per heavy atom. The summed E-state index contributed by atoms with van der Waals surface area (Å²) in [4.78, 5) is 7.77. The topological polar surface area (TPSA) is 40.2 Å². The van der Waals surface area contributed by atoms with Crippen LogP contribution in [0.2, 0.25) is 5.02 Å². The first-order chi connectivity index (χ1) is 13.3. The summed E-state index contributed by atoms with van der Waals surface area (Å²) < 4.78 is 3.22. The number of halogens is 1. The molecule has 4 rings (SSSR count). The van der Waals surface area contributed by atoms with E-state index in [1.807, 2.05) is 17.0 Å². The van der Waals surface area contributed by atoms with Crippen molar-refractivity contribution < 1.29 is 0 Å². The molecule has 27 heavy (non-hydrogen) atoms. The van der Waals surface area contributed by atoms with Crippen LogP contribution in [0.5, 0.6) is 0 Å². The lowest BCUT2D eigenvalue weighted by molar-refractivity contribution is 0.328. The second kappa shape index (κ2) is 8.97. The molecule has 1 aliphatic heterocycles. The van der Waals surface area contributed by atoms with E-state index in [0.717, 1.165) is 47.5 Å². The molecule has 2 heterocycles. The molecule has 1 saturated heterocycles. The predicted octanol–water partition coefficient (Wildman–Crippen LogP) is 5.60. The van der Waals surface area contributed by atoms with E-state index in [4.69, 9.17) is 11.6 Å². The maximum atomic E-state index is 6.50. The minimum atomic E-state index is 0.429. The number of anilines is 2. The Morgan fingerprint density at radius 3 is 2.89 bits per heavy atom.